The lowest BCUT2D eigenvalue weighted by atomic mass is 10.1. The lowest BCUT2D eigenvalue weighted by Gasteiger charge is -2.10. The van der Waals surface area contributed by atoms with Crippen LogP contribution in [0.3, 0.4) is 0 Å². The molecule has 0 bridgehead atoms. The van der Waals surface area contributed by atoms with Gasteiger partial charge in [0.2, 0.25) is 0 Å². The van der Waals surface area contributed by atoms with Crippen molar-refractivity contribution in [1.29, 1.82) is 0 Å². The summed E-state index contributed by atoms with van der Waals surface area (Å²) in [7, 11) is 0. The van der Waals surface area contributed by atoms with Gasteiger partial charge in [0.05, 0.1) is 16.0 Å². The van der Waals surface area contributed by atoms with E-state index in [9.17, 15) is 14.9 Å². The van der Waals surface area contributed by atoms with Crippen LogP contribution >= 0.6 is 11.3 Å². The third-order valence-corrected chi connectivity index (χ3v) is 5.11. The molecule has 0 aliphatic carbocycles. The molecule has 4 rings (SSSR count). The molecule has 6 nitrogen and oxygen atoms in total. The van der Waals surface area contributed by atoms with Crippen molar-refractivity contribution < 1.29 is 4.92 Å². The fourth-order valence-electron chi connectivity index (χ4n) is 2.93. The highest BCUT2D eigenvalue weighted by Crippen LogP contribution is 2.29. The van der Waals surface area contributed by atoms with E-state index < -0.39 is 4.92 Å². The Labute approximate surface area is 152 Å². The van der Waals surface area contributed by atoms with Gasteiger partial charge in [-0.15, -0.1) is 11.3 Å². The van der Waals surface area contributed by atoms with Crippen molar-refractivity contribution in [3.8, 4) is 16.8 Å². The molecule has 0 unspecified atom stereocenters. The molecule has 0 saturated carbocycles. The van der Waals surface area contributed by atoms with E-state index in [4.69, 9.17) is 0 Å². The van der Waals surface area contributed by atoms with Crippen LogP contribution < -0.4 is 5.56 Å². The van der Waals surface area contributed by atoms with Gasteiger partial charge in [0.15, 0.2) is 5.52 Å². The van der Waals surface area contributed by atoms with Crippen molar-refractivity contribution in [1.82, 2.24) is 9.55 Å². The van der Waals surface area contributed by atoms with Crippen LogP contribution in [0.25, 0.3) is 27.0 Å². The second-order valence-corrected chi connectivity index (χ2v) is 6.65. The van der Waals surface area contributed by atoms with E-state index >= 15 is 0 Å². The summed E-state index contributed by atoms with van der Waals surface area (Å²) in [6, 6.07) is 17.5. The fourth-order valence-corrected chi connectivity index (χ4v) is 3.81. The predicted molar refractivity (Wildman–Crippen MR) is 102 cm³/mol. The number of rotatable bonds is 3. The average molecular weight is 363 g/mol. The Morgan fingerprint density at radius 1 is 1.04 bits per heavy atom. The molecule has 26 heavy (non-hydrogen) atoms. The van der Waals surface area contributed by atoms with Crippen molar-refractivity contribution in [2.24, 2.45) is 0 Å². The molecule has 0 saturated heterocycles. The molecular formula is C19H13N3O3S. The van der Waals surface area contributed by atoms with E-state index in [2.05, 4.69) is 4.98 Å². The summed E-state index contributed by atoms with van der Waals surface area (Å²) in [5.41, 5.74) is 2.54. The maximum absolute atomic E-state index is 12.9. The quantitative estimate of drug-likeness (QED) is 0.401. The Morgan fingerprint density at radius 2 is 1.69 bits per heavy atom. The summed E-state index contributed by atoms with van der Waals surface area (Å²) in [5.74, 6) is 0.413. The van der Waals surface area contributed by atoms with E-state index in [0.717, 1.165) is 22.5 Å². The number of thiophene rings is 1. The summed E-state index contributed by atoms with van der Waals surface area (Å²) < 4.78 is 1.77. The largest absolute Gasteiger partial charge is 0.306 e. The summed E-state index contributed by atoms with van der Waals surface area (Å²) in [4.78, 5) is 27.7. The molecule has 0 amide bonds. The van der Waals surface area contributed by atoms with E-state index in [1.807, 2.05) is 54.6 Å². The number of aryl methyl sites for hydroxylation is 1. The van der Waals surface area contributed by atoms with Crippen molar-refractivity contribution >= 4 is 27.2 Å². The van der Waals surface area contributed by atoms with Crippen molar-refractivity contribution in [2.75, 3.05) is 0 Å². The number of nitrogens with zero attached hydrogens (tertiary/aromatic N) is 3. The van der Waals surface area contributed by atoms with Gasteiger partial charge in [-0.2, -0.15) is 0 Å². The molecule has 0 fully saturated rings. The minimum atomic E-state index is -0.510. The summed E-state index contributed by atoms with van der Waals surface area (Å²) >= 11 is 1.05. The minimum Gasteiger partial charge on any atom is -0.267 e. The molecular weight excluding hydrogens is 350 g/mol. The number of benzene rings is 2. The number of nitro groups is 1. The topological polar surface area (TPSA) is 78.0 Å². The molecule has 4 aromatic rings. The van der Waals surface area contributed by atoms with Crippen LogP contribution in [0.15, 0.2) is 64.8 Å². The first kappa shape index (κ1) is 16.2. The predicted octanol–water partition coefficient (Wildman–Crippen LogP) is 4.33. The van der Waals surface area contributed by atoms with Crippen LogP contribution in [0, 0.1) is 17.0 Å². The summed E-state index contributed by atoms with van der Waals surface area (Å²) in [5, 5.41) is 12.5. The zero-order chi connectivity index (χ0) is 18.3. The van der Waals surface area contributed by atoms with Gasteiger partial charge in [0.25, 0.3) is 5.56 Å². The molecule has 0 atom stereocenters. The lowest BCUT2D eigenvalue weighted by molar-refractivity contribution is -0.382. The maximum Gasteiger partial charge on any atom is 0.306 e. The SMILES string of the molecule is Cc1nc2c([N+](=O)[O-])csc2c(=O)n1-c1ccc(-c2ccccc2)cc1. The smallest absolute Gasteiger partial charge is 0.267 e. The van der Waals surface area contributed by atoms with Crippen molar-refractivity contribution in [2.45, 2.75) is 6.92 Å². The first-order valence-corrected chi connectivity index (χ1v) is 8.75. The Morgan fingerprint density at radius 3 is 2.35 bits per heavy atom. The Hall–Kier alpha value is -3.32. The average Bonchev–Trinajstić information content (AvgIpc) is 3.07. The second kappa shape index (κ2) is 6.20. The molecule has 0 radical (unpaired) electrons. The van der Waals surface area contributed by atoms with Gasteiger partial charge in [-0.25, -0.2) is 4.98 Å². The van der Waals surface area contributed by atoms with Crippen LogP contribution in [-0.4, -0.2) is 14.5 Å². The minimum absolute atomic E-state index is 0.128. The highest BCUT2D eigenvalue weighted by atomic mass is 32.1. The van der Waals surface area contributed by atoms with Crippen LogP contribution in [0.2, 0.25) is 0 Å². The molecule has 0 spiro atoms. The number of aromatic nitrogens is 2. The van der Waals surface area contributed by atoms with Crippen LogP contribution in [0.1, 0.15) is 5.82 Å². The third kappa shape index (κ3) is 2.58. The van der Waals surface area contributed by atoms with Gasteiger partial charge in [0.1, 0.15) is 10.5 Å². The Balaban J connectivity index is 1.84. The zero-order valence-electron chi connectivity index (χ0n) is 13.7. The fraction of sp³-hybridized carbons (Fsp3) is 0.0526. The molecule has 0 N–H and O–H groups in total. The van der Waals surface area contributed by atoms with Gasteiger partial charge in [-0.05, 0) is 30.2 Å². The van der Waals surface area contributed by atoms with Gasteiger partial charge >= 0.3 is 5.69 Å². The molecule has 2 aromatic carbocycles. The monoisotopic (exact) mass is 363 g/mol. The van der Waals surface area contributed by atoms with Crippen molar-refractivity contribution in [3.63, 3.8) is 0 Å². The van der Waals surface area contributed by atoms with Crippen LogP contribution in [0.5, 0.6) is 0 Å². The normalized spacial score (nSPS) is 11.0. The zero-order valence-corrected chi connectivity index (χ0v) is 14.6. The van der Waals surface area contributed by atoms with E-state index in [1.54, 1.807) is 6.92 Å². The standard InChI is InChI=1S/C19H13N3O3S/c1-12-20-17-16(22(24)25)11-26-18(17)19(23)21(12)15-9-7-14(8-10-15)13-5-3-2-4-6-13/h2-11H,1H3. The van der Waals surface area contributed by atoms with Gasteiger partial charge < -0.3 is 0 Å². The van der Waals surface area contributed by atoms with E-state index in [-0.39, 0.29) is 21.5 Å². The highest BCUT2D eigenvalue weighted by Gasteiger charge is 2.21. The summed E-state index contributed by atoms with van der Waals surface area (Å²) in [6.07, 6.45) is 0. The van der Waals surface area contributed by atoms with Crippen molar-refractivity contribution in [3.05, 3.63) is 86.3 Å². The second-order valence-electron chi connectivity index (χ2n) is 5.77. The van der Waals surface area contributed by atoms with Crippen LogP contribution in [0.4, 0.5) is 5.69 Å². The molecule has 0 aliphatic heterocycles. The van der Waals surface area contributed by atoms with E-state index in [1.165, 1.54) is 9.95 Å². The first-order valence-electron chi connectivity index (χ1n) is 7.87. The lowest BCUT2D eigenvalue weighted by Crippen LogP contribution is -2.21. The van der Waals surface area contributed by atoms with Gasteiger partial charge in [-0.3, -0.25) is 19.5 Å². The molecule has 128 valence electrons. The Bertz CT molecular complexity index is 1180. The highest BCUT2D eigenvalue weighted by molar-refractivity contribution is 7.17. The number of hydrogen-bond acceptors (Lipinski definition) is 5. The van der Waals surface area contributed by atoms with E-state index in [0.29, 0.717) is 11.5 Å². The summed E-state index contributed by atoms with van der Waals surface area (Å²) in [6.45, 7) is 1.67. The first-order chi connectivity index (χ1) is 12.6. The van der Waals surface area contributed by atoms with Crippen LogP contribution in [-0.2, 0) is 0 Å². The Kier molecular flexibility index (Phi) is 3.85. The third-order valence-electron chi connectivity index (χ3n) is 4.17. The maximum atomic E-state index is 12.9. The molecule has 2 heterocycles. The molecule has 0 aliphatic rings. The number of fused-ring (bicyclic) bond motifs is 1. The van der Waals surface area contributed by atoms with Gasteiger partial charge in [-0.1, -0.05) is 42.5 Å². The van der Waals surface area contributed by atoms with Gasteiger partial charge in [0, 0.05) is 0 Å². The molecule has 2 aromatic heterocycles. The number of hydrogen-bond donors (Lipinski definition) is 0. The molecule has 7 heteroatoms.